The molecule has 1 aromatic carbocycles. The number of benzene rings is 1. The van der Waals surface area contributed by atoms with Crippen molar-refractivity contribution in [3.8, 4) is 0 Å². The SMILES string of the molecule is Cc1ccc(Cl)cc1NC(=O)[C@@](F)(OC(F)(F)[C@](F)(OC(F)(F)C(F)(F)C(F)(F)F)C(F)(F)F)C(F)(F)F. The van der Waals surface area contributed by atoms with E-state index in [2.05, 4.69) is 0 Å². The summed E-state index contributed by atoms with van der Waals surface area (Å²) in [7, 11) is 0. The Labute approximate surface area is 202 Å². The molecule has 0 aliphatic heterocycles. The van der Waals surface area contributed by atoms with Crippen LogP contribution in [0.5, 0.6) is 0 Å². The lowest BCUT2D eigenvalue weighted by Gasteiger charge is -2.40. The Morgan fingerprint density at radius 3 is 1.58 bits per heavy atom. The largest absolute Gasteiger partial charge is 0.462 e. The lowest BCUT2D eigenvalue weighted by Crippen LogP contribution is -2.68. The molecule has 0 saturated carbocycles. The Morgan fingerprint density at radius 2 is 1.18 bits per heavy atom. The van der Waals surface area contributed by atoms with E-state index in [0.717, 1.165) is 24.4 Å². The second-order valence-electron chi connectivity index (χ2n) is 6.91. The van der Waals surface area contributed by atoms with Crippen molar-refractivity contribution in [1.82, 2.24) is 0 Å². The summed E-state index contributed by atoms with van der Waals surface area (Å²) < 4.78 is 227. The molecule has 22 heteroatoms. The van der Waals surface area contributed by atoms with Gasteiger partial charge in [0.2, 0.25) is 0 Å². The van der Waals surface area contributed by atoms with E-state index in [1.54, 1.807) is 0 Å². The average molecular weight is 620 g/mol. The van der Waals surface area contributed by atoms with E-state index in [9.17, 15) is 79.4 Å². The van der Waals surface area contributed by atoms with Crippen LogP contribution in [0.15, 0.2) is 18.2 Å². The van der Waals surface area contributed by atoms with E-state index in [4.69, 9.17) is 11.6 Å². The summed E-state index contributed by atoms with van der Waals surface area (Å²) in [6.45, 7) is 0.946. The van der Waals surface area contributed by atoms with Gasteiger partial charge in [0.25, 0.3) is 5.91 Å². The van der Waals surface area contributed by atoms with Crippen molar-refractivity contribution >= 4 is 23.2 Å². The summed E-state index contributed by atoms with van der Waals surface area (Å²) >= 11 is 5.43. The lowest BCUT2D eigenvalue weighted by molar-refractivity contribution is -0.548. The van der Waals surface area contributed by atoms with Gasteiger partial charge in [-0.25, -0.2) is 0 Å². The second kappa shape index (κ2) is 9.72. The molecule has 0 spiro atoms. The molecule has 2 atom stereocenters. The monoisotopic (exact) mass is 619 g/mol. The number of hydrogen-bond acceptors (Lipinski definition) is 3. The van der Waals surface area contributed by atoms with Gasteiger partial charge in [0.1, 0.15) is 0 Å². The van der Waals surface area contributed by atoms with Crippen molar-refractivity contribution in [2.75, 3.05) is 5.32 Å². The molecule has 0 aliphatic rings. The number of carbonyl (C=O) groups excluding carboxylic acids is 1. The highest BCUT2D eigenvalue weighted by Gasteiger charge is 2.85. The molecule has 1 amide bonds. The van der Waals surface area contributed by atoms with Crippen molar-refractivity contribution in [1.29, 1.82) is 0 Å². The van der Waals surface area contributed by atoms with Crippen LogP contribution in [0.1, 0.15) is 5.56 Å². The smallest absolute Gasteiger partial charge is 0.320 e. The van der Waals surface area contributed by atoms with Crippen LogP contribution < -0.4 is 5.32 Å². The van der Waals surface area contributed by atoms with E-state index >= 15 is 0 Å². The molecule has 1 N–H and O–H groups in total. The maximum Gasteiger partial charge on any atom is 0.462 e. The Morgan fingerprint density at radius 1 is 0.711 bits per heavy atom. The second-order valence-corrected chi connectivity index (χ2v) is 7.35. The highest BCUT2D eigenvalue weighted by atomic mass is 35.5. The van der Waals surface area contributed by atoms with Crippen molar-refractivity contribution < 1.29 is 88.9 Å². The summed E-state index contributed by atoms with van der Waals surface area (Å²) in [5.74, 6) is -26.3. The number of alkyl halides is 17. The minimum absolute atomic E-state index is 0.327. The number of nitrogens with one attached hydrogen (secondary N) is 1. The summed E-state index contributed by atoms with van der Waals surface area (Å²) in [5.41, 5.74) is -1.29. The lowest BCUT2D eigenvalue weighted by atomic mass is 10.1. The number of halogens is 18. The topological polar surface area (TPSA) is 47.6 Å². The third kappa shape index (κ3) is 5.97. The molecule has 0 aliphatic carbocycles. The van der Waals surface area contributed by atoms with Crippen molar-refractivity contribution in [2.24, 2.45) is 0 Å². The molecular formula is C16H7ClF17NO3. The van der Waals surface area contributed by atoms with Crippen LogP contribution in [-0.4, -0.2) is 54.3 Å². The zero-order chi connectivity index (χ0) is 30.6. The van der Waals surface area contributed by atoms with Gasteiger partial charge in [0, 0.05) is 10.7 Å². The fourth-order valence-corrected chi connectivity index (χ4v) is 2.27. The van der Waals surface area contributed by atoms with Crippen molar-refractivity contribution in [2.45, 2.75) is 55.3 Å². The number of rotatable bonds is 8. The number of ether oxygens (including phenoxy) is 2. The maximum absolute atomic E-state index is 14.5. The summed E-state index contributed by atoms with van der Waals surface area (Å²) in [5, 5.41) is 0.430. The molecule has 38 heavy (non-hydrogen) atoms. The Bertz CT molecular complexity index is 1040. The number of amides is 1. The van der Waals surface area contributed by atoms with E-state index in [1.807, 2.05) is 4.74 Å². The first-order valence-electron chi connectivity index (χ1n) is 8.66. The Hall–Kier alpha value is -2.29. The summed E-state index contributed by atoms with van der Waals surface area (Å²) in [6.07, 6.45) is -38.7. The van der Waals surface area contributed by atoms with Gasteiger partial charge >= 0.3 is 48.4 Å². The predicted octanol–water partition coefficient (Wildman–Crippen LogP) is 7.46. The normalized spacial score (nSPS) is 17.6. The highest BCUT2D eigenvalue weighted by Crippen LogP contribution is 2.56. The standard InChI is InChI=1S/C16H7ClF17NO3/c1-5-2-3-6(17)4-7(5)35-8(36)9(18,12(22,23)24)37-16(33,34)11(21,14(28,29)30)38-15(31,32)10(19,20)13(25,26)27/h2-4H,1H3,(H,35,36)/t9-,11-/m1/s1. The van der Waals surface area contributed by atoms with Gasteiger partial charge in [-0.15, -0.1) is 0 Å². The van der Waals surface area contributed by atoms with Crippen molar-refractivity contribution in [3.05, 3.63) is 28.8 Å². The molecule has 0 aromatic heterocycles. The molecular weight excluding hydrogens is 613 g/mol. The number of anilines is 1. The zero-order valence-electron chi connectivity index (χ0n) is 17.3. The molecule has 0 saturated heterocycles. The summed E-state index contributed by atoms with van der Waals surface area (Å²) in [6, 6.07) is 2.41. The van der Waals surface area contributed by atoms with Crippen LogP contribution >= 0.6 is 11.6 Å². The van der Waals surface area contributed by atoms with Crippen LogP contribution in [0.4, 0.5) is 80.3 Å². The predicted molar refractivity (Wildman–Crippen MR) is 87.7 cm³/mol. The van der Waals surface area contributed by atoms with Gasteiger partial charge in [0.05, 0.1) is 0 Å². The Kier molecular flexibility index (Phi) is 8.63. The van der Waals surface area contributed by atoms with Gasteiger partial charge in [-0.2, -0.15) is 74.6 Å². The van der Waals surface area contributed by atoms with Crippen molar-refractivity contribution in [3.63, 3.8) is 0 Å². The quantitative estimate of drug-likeness (QED) is 0.308. The zero-order valence-corrected chi connectivity index (χ0v) is 18.0. The molecule has 4 nitrogen and oxygen atoms in total. The maximum atomic E-state index is 14.5. The third-order valence-electron chi connectivity index (χ3n) is 4.10. The fraction of sp³-hybridized carbons (Fsp3) is 0.562. The first-order valence-corrected chi connectivity index (χ1v) is 9.04. The minimum Gasteiger partial charge on any atom is -0.320 e. The molecule has 0 radical (unpaired) electrons. The van der Waals surface area contributed by atoms with E-state index in [-0.39, 0.29) is 5.56 Å². The molecule has 0 heterocycles. The third-order valence-corrected chi connectivity index (χ3v) is 4.34. The van der Waals surface area contributed by atoms with E-state index < -0.39 is 65.0 Å². The highest BCUT2D eigenvalue weighted by molar-refractivity contribution is 6.31. The van der Waals surface area contributed by atoms with Crippen LogP contribution in [0, 0.1) is 6.92 Å². The number of hydrogen-bond donors (Lipinski definition) is 1. The number of aryl methyl sites for hydroxylation is 1. The van der Waals surface area contributed by atoms with Crippen LogP contribution in [0.2, 0.25) is 5.02 Å². The summed E-state index contributed by atoms with van der Waals surface area (Å²) in [4.78, 5) is 11.8. The van der Waals surface area contributed by atoms with Gasteiger partial charge in [-0.3, -0.25) is 14.3 Å². The molecule has 220 valence electrons. The average Bonchev–Trinajstić information content (AvgIpc) is 2.67. The molecule has 1 aromatic rings. The van der Waals surface area contributed by atoms with Crippen LogP contribution in [0.25, 0.3) is 0 Å². The van der Waals surface area contributed by atoms with E-state index in [1.165, 1.54) is 4.74 Å². The van der Waals surface area contributed by atoms with Crippen LogP contribution in [-0.2, 0) is 14.3 Å². The molecule has 0 unspecified atom stereocenters. The first kappa shape index (κ1) is 33.7. The van der Waals surface area contributed by atoms with Crippen LogP contribution in [0.3, 0.4) is 0 Å². The van der Waals surface area contributed by atoms with E-state index in [0.29, 0.717) is 6.07 Å². The van der Waals surface area contributed by atoms with Gasteiger partial charge < -0.3 is 5.32 Å². The first-order chi connectivity index (χ1) is 16.5. The van der Waals surface area contributed by atoms with Gasteiger partial charge in [-0.1, -0.05) is 17.7 Å². The number of carbonyl (C=O) groups is 1. The molecule has 0 fully saturated rings. The molecule has 1 rings (SSSR count). The minimum atomic E-state index is -8.08. The van der Waals surface area contributed by atoms with Gasteiger partial charge in [0.15, 0.2) is 0 Å². The van der Waals surface area contributed by atoms with Gasteiger partial charge in [-0.05, 0) is 24.6 Å². The Balaban J connectivity index is 3.67. The molecule has 0 bridgehead atoms. The fourth-order valence-electron chi connectivity index (χ4n) is 2.09.